The Bertz CT molecular complexity index is 848. The first-order chi connectivity index (χ1) is 17.8. The van der Waals surface area contributed by atoms with Crippen LogP contribution in [0.2, 0.25) is 0 Å². The van der Waals surface area contributed by atoms with Crippen molar-refractivity contribution in [1.82, 2.24) is 5.32 Å². The van der Waals surface area contributed by atoms with Crippen LogP contribution < -0.4 is 5.32 Å². The maximum atomic E-state index is 12.1. The summed E-state index contributed by atoms with van der Waals surface area (Å²) >= 11 is 0. The van der Waals surface area contributed by atoms with Gasteiger partial charge in [-0.25, -0.2) is 4.79 Å². The summed E-state index contributed by atoms with van der Waals surface area (Å²) in [6, 6.07) is 16.5. The molecule has 0 heterocycles. The molecule has 1 aliphatic carbocycles. The molecule has 1 amide bonds. The van der Waals surface area contributed by atoms with E-state index in [1.54, 1.807) is 0 Å². The lowest BCUT2D eigenvalue weighted by Crippen LogP contribution is -2.29. The van der Waals surface area contributed by atoms with Crippen LogP contribution in [0.1, 0.15) is 17.0 Å². The smallest absolute Gasteiger partial charge is 0.407 e. The summed E-state index contributed by atoms with van der Waals surface area (Å²) in [6.45, 7) is 5.14. The number of carbonyl (C=O) groups is 1. The Morgan fingerprint density at radius 2 is 1.11 bits per heavy atom. The Labute approximate surface area is 212 Å². The van der Waals surface area contributed by atoms with Gasteiger partial charge in [0.1, 0.15) is 6.61 Å². The molecule has 0 saturated heterocycles. The van der Waals surface area contributed by atoms with Gasteiger partial charge in [-0.2, -0.15) is 0 Å². The molecule has 9 heteroatoms. The highest BCUT2D eigenvalue weighted by molar-refractivity contribution is 5.79. The lowest BCUT2D eigenvalue weighted by Gasteiger charge is -2.14. The largest absolute Gasteiger partial charge is 0.449 e. The third kappa shape index (κ3) is 9.50. The third-order valence-corrected chi connectivity index (χ3v) is 5.58. The fourth-order valence-electron chi connectivity index (χ4n) is 3.92. The number of hydrogen-bond donors (Lipinski definition) is 2. The number of benzene rings is 2. The minimum absolute atomic E-state index is 0.0202. The van der Waals surface area contributed by atoms with E-state index in [0.29, 0.717) is 79.2 Å². The van der Waals surface area contributed by atoms with Crippen LogP contribution in [0.5, 0.6) is 0 Å². The number of ether oxygens (including phenoxy) is 6. The molecule has 0 atom stereocenters. The van der Waals surface area contributed by atoms with E-state index in [-0.39, 0.29) is 12.5 Å². The highest BCUT2D eigenvalue weighted by Gasteiger charge is 2.28. The van der Waals surface area contributed by atoms with Gasteiger partial charge in [0.2, 0.25) is 0 Å². The fourth-order valence-corrected chi connectivity index (χ4v) is 3.92. The van der Waals surface area contributed by atoms with Crippen molar-refractivity contribution in [2.24, 2.45) is 0 Å². The van der Waals surface area contributed by atoms with Gasteiger partial charge >= 0.3 is 6.09 Å². The van der Waals surface area contributed by atoms with Crippen molar-refractivity contribution < 1.29 is 38.3 Å². The van der Waals surface area contributed by atoms with Gasteiger partial charge in [0.15, 0.2) is 0 Å². The maximum absolute atomic E-state index is 12.1. The molecule has 0 unspecified atom stereocenters. The summed E-state index contributed by atoms with van der Waals surface area (Å²) in [6.07, 6.45) is -0.449. The molecule has 0 bridgehead atoms. The molecule has 0 fully saturated rings. The topological polar surface area (TPSA) is 105 Å². The van der Waals surface area contributed by atoms with E-state index in [2.05, 4.69) is 29.6 Å². The molecule has 1 aliphatic rings. The molecule has 0 radical (unpaired) electrons. The number of rotatable bonds is 19. The lowest BCUT2D eigenvalue weighted by atomic mass is 9.98. The molecule has 0 saturated carbocycles. The quantitative estimate of drug-likeness (QED) is 0.282. The summed E-state index contributed by atoms with van der Waals surface area (Å²) in [5.74, 6) is 0.0463. The van der Waals surface area contributed by atoms with Crippen molar-refractivity contribution in [2.45, 2.75) is 5.92 Å². The molecule has 0 spiro atoms. The van der Waals surface area contributed by atoms with Gasteiger partial charge in [0.25, 0.3) is 0 Å². The van der Waals surface area contributed by atoms with Crippen LogP contribution >= 0.6 is 0 Å². The maximum Gasteiger partial charge on any atom is 0.407 e. The van der Waals surface area contributed by atoms with Crippen LogP contribution in [0, 0.1) is 0 Å². The normalized spacial score (nSPS) is 12.4. The van der Waals surface area contributed by atoms with E-state index in [1.807, 2.05) is 24.3 Å². The average Bonchev–Trinajstić information content (AvgIpc) is 3.23. The highest BCUT2D eigenvalue weighted by Crippen LogP contribution is 2.44. The second-order valence-electron chi connectivity index (χ2n) is 8.04. The van der Waals surface area contributed by atoms with Crippen molar-refractivity contribution in [3.8, 4) is 11.1 Å². The van der Waals surface area contributed by atoms with Crippen LogP contribution in [0.15, 0.2) is 48.5 Å². The molecule has 198 valence electrons. The minimum Gasteiger partial charge on any atom is -0.449 e. The first-order valence-electron chi connectivity index (χ1n) is 12.4. The van der Waals surface area contributed by atoms with Crippen LogP contribution in [-0.2, 0) is 28.4 Å². The van der Waals surface area contributed by atoms with Gasteiger partial charge in [-0.3, -0.25) is 0 Å². The number of aliphatic hydroxyl groups is 1. The van der Waals surface area contributed by atoms with Crippen LogP contribution in [0.3, 0.4) is 0 Å². The summed E-state index contributed by atoms with van der Waals surface area (Å²) in [5.41, 5.74) is 4.79. The summed E-state index contributed by atoms with van der Waals surface area (Å²) in [7, 11) is 0. The van der Waals surface area contributed by atoms with Crippen molar-refractivity contribution in [1.29, 1.82) is 0 Å². The Kier molecular flexibility index (Phi) is 13.3. The van der Waals surface area contributed by atoms with Gasteiger partial charge in [-0.05, 0) is 22.3 Å². The lowest BCUT2D eigenvalue weighted by molar-refractivity contribution is -0.0130. The predicted molar refractivity (Wildman–Crippen MR) is 134 cm³/mol. The van der Waals surface area contributed by atoms with Gasteiger partial charge in [-0.1, -0.05) is 48.5 Å². The standard InChI is InChI=1S/C27H37NO8/c29-10-12-32-14-16-34-18-20-35-19-17-33-15-13-31-11-9-28-27(30)36-21-26-24-7-3-1-5-22(24)23-6-2-4-8-25(23)26/h1-8,26,29H,9-21H2,(H,28,30). The number of aliphatic hydroxyl groups excluding tert-OH is 1. The van der Waals surface area contributed by atoms with E-state index in [1.165, 1.54) is 22.3 Å². The third-order valence-electron chi connectivity index (χ3n) is 5.58. The summed E-state index contributed by atoms with van der Waals surface area (Å²) in [5, 5.41) is 11.3. The van der Waals surface area contributed by atoms with Gasteiger partial charge < -0.3 is 38.8 Å². The predicted octanol–water partition coefficient (Wildman–Crippen LogP) is 2.60. The minimum atomic E-state index is -0.449. The number of hydrogen-bond acceptors (Lipinski definition) is 8. The van der Waals surface area contributed by atoms with E-state index >= 15 is 0 Å². The monoisotopic (exact) mass is 503 g/mol. The molecule has 9 nitrogen and oxygen atoms in total. The van der Waals surface area contributed by atoms with E-state index < -0.39 is 6.09 Å². The fraction of sp³-hybridized carbons (Fsp3) is 0.519. The van der Waals surface area contributed by atoms with Crippen molar-refractivity contribution >= 4 is 6.09 Å². The molecule has 2 aromatic carbocycles. The first-order valence-corrected chi connectivity index (χ1v) is 12.4. The van der Waals surface area contributed by atoms with Crippen molar-refractivity contribution in [3.63, 3.8) is 0 Å². The molecule has 2 aromatic rings. The van der Waals surface area contributed by atoms with Crippen LogP contribution in [0.25, 0.3) is 11.1 Å². The van der Waals surface area contributed by atoms with E-state index in [9.17, 15) is 4.79 Å². The Hall–Kier alpha value is -2.53. The average molecular weight is 504 g/mol. The van der Waals surface area contributed by atoms with Gasteiger partial charge in [0.05, 0.1) is 72.7 Å². The van der Waals surface area contributed by atoms with Gasteiger partial charge in [0, 0.05) is 12.5 Å². The second-order valence-corrected chi connectivity index (χ2v) is 8.04. The van der Waals surface area contributed by atoms with Crippen molar-refractivity contribution in [2.75, 3.05) is 85.8 Å². The number of amides is 1. The van der Waals surface area contributed by atoms with Crippen LogP contribution in [0.4, 0.5) is 4.79 Å². The number of alkyl carbamates (subject to hydrolysis) is 1. The Balaban J connectivity index is 1.14. The first kappa shape index (κ1) is 28.0. The van der Waals surface area contributed by atoms with Crippen molar-refractivity contribution in [3.05, 3.63) is 59.7 Å². The number of carbonyl (C=O) groups excluding carboxylic acids is 1. The molecule has 2 N–H and O–H groups in total. The second kappa shape index (κ2) is 17.0. The Morgan fingerprint density at radius 3 is 1.61 bits per heavy atom. The van der Waals surface area contributed by atoms with E-state index in [4.69, 9.17) is 33.5 Å². The molecule has 0 aromatic heterocycles. The van der Waals surface area contributed by atoms with Crippen LogP contribution in [-0.4, -0.2) is 97.0 Å². The van der Waals surface area contributed by atoms with Gasteiger partial charge in [-0.15, -0.1) is 0 Å². The van der Waals surface area contributed by atoms with E-state index in [0.717, 1.165) is 0 Å². The molecule has 0 aliphatic heterocycles. The molecule has 3 rings (SSSR count). The molecule has 36 heavy (non-hydrogen) atoms. The zero-order valence-electron chi connectivity index (χ0n) is 20.7. The Morgan fingerprint density at radius 1 is 0.667 bits per heavy atom. The zero-order chi connectivity index (χ0) is 25.3. The SMILES string of the molecule is O=C(NCCOCCOCCOCCOCCOCCO)OCC1c2ccccc2-c2ccccc21. The molecular formula is C27H37NO8. The molecular weight excluding hydrogens is 466 g/mol. The summed E-state index contributed by atoms with van der Waals surface area (Å²) < 4.78 is 32.2. The number of nitrogens with one attached hydrogen (secondary N) is 1. The zero-order valence-corrected chi connectivity index (χ0v) is 20.7. The highest BCUT2D eigenvalue weighted by atomic mass is 16.6. The summed E-state index contributed by atoms with van der Waals surface area (Å²) in [4.78, 5) is 12.1. The number of fused-ring (bicyclic) bond motifs is 3.